The minimum Gasteiger partial charge on any atom is -0.396 e. The quantitative estimate of drug-likeness (QED) is 0.891. The highest BCUT2D eigenvalue weighted by molar-refractivity contribution is 6.30. The Morgan fingerprint density at radius 2 is 2.12 bits per heavy atom. The van der Waals surface area contributed by atoms with Gasteiger partial charge in [0.25, 0.3) is 0 Å². The number of hydrogen-bond acceptors (Lipinski definition) is 2. The minimum atomic E-state index is 0.128. The minimum absolute atomic E-state index is 0.128. The molecule has 0 saturated carbocycles. The van der Waals surface area contributed by atoms with Crippen LogP contribution in [-0.4, -0.2) is 35.6 Å². The van der Waals surface area contributed by atoms with Gasteiger partial charge in [0.2, 0.25) is 5.91 Å². The Balaban J connectivity index is 1.91. The van der Waals surface area contributed by atoms with Crippen LogP contribution in [-0.2, 0) is 11.2 Å². The fraction of sp³-hybridized carbons (Fsp3) is 0.462. The van der Waals surface area contributed by atoms with E-state index in [2.05, 4.69) is 0 Å². The van der Waals surface area contributed by atoms with E-state index < -0.39 is 0 Å². The molecule has 1 aromatic carbocycles. The Morgan fingerprint density at radius 1 is 1.41 bits per heavy atom. The van der Waals surface area contributed by atoms with Crippen LogP contribution in [0.3, 0.4) is 0 Å². The fourth-order valence-corrected chi connectivity index (χ4v) is 2.22. The summed E-state index contributed by atoms with van der Waals surface area (Å²) in [6.45, 7) is 1.62. The number of amides is 1. The van der Waals surface area contributed by atoms with Crippen LogP contribution in [0.2, 0.25) is 5.02 Å². The standard InChI is InChI=1S/C13H16ClNO2/c14-12-3-1-10(2-4-12)7-13(17)15-6-5-11(8-15)9-16/h1-4,11,16H,5-9H2/t11-/m1/s1. The highest BCUT2D eigenvalue weighted by atomic mass is 35.5. The zero-order valence-electron chi connectivity index (χ0n) is 9.60. The molecular weight excluding hydrogens is 238 g/mol. The van der Waals surface area contributed by atoms with Gasteiger partial charge in [-0.1, -0.05) is 23.7 Å². The van der Waals surface area contributed by atoms with Crippen molar-refractivity contribution in [2.45, 2.75) is 12.8 Å². The van der Waals surface area contributed by atoms with E-state index in [9.17, 15) is 4.79 Å². The van der Waals surface area contributed by atoms with Gasteiger partial charge in [0.05, 0.1) is 6.42 Å². The molecule has 1 aliphatic heterocycles. The summed E-state index contributed by atoms with van der Waals surface area (Å²) in [7, 11) is 0. The molecule has 1 aliphatic rings. The zero-order chi connectivity index (χ0) is 12.3. The number of halogens is 1. The van der Waals surface area contributed by atoms with Gasteiger partial charge in [0.1, 0.15) is 0 Å². The number of aliphatic hydroxyl groups excluding tert-OH is 1. The van der Waals surface area contributed by atoms with Gasteiger partial charge in [-0.3, -0.25) is 4.79 Å². The molecule has 1 fully saturated rings. The summed E-state index contributed by atoms with van der Waals surface area (Å²) in [5.74, 6) is 0.382. The van der Waals surface area contributed by atoms with E-state index >= 15 is 0 Å². The second-order valence-electron chi connectivity index (χ2n) is 4.48. The molecule has 0 unspecified atom stereocenters. The van der Waals surface area contributed by atoms with Crippen LogP contribution in [0.4, 0.5) is 0 Å². The van der Waals surface area contributed by atoms with E-state index in [1.165, 1.54) is 0 Å². The molecule has 0 aliphatic carbocycles. The maximum Gasteiger partial charge on any atom is 0.227 e. The smallest absolute Gasteiger partial charge is 0.227 e. The van der Waals surface area contributed by atoms with Gasteiger partial charge in [-0.25, -0.2) is 0 Å². The Labute approximate surface area is 106 Å². The van der Waals surface area contributed by atoms with Gasteiger partial charge in [-0.15, -0.1) is 0 Å². The molecule has 0 spiro atoms. The highest BCUT2D eigenvalue weighted by Crippen LogP contribution is 2.17. The number of aliphatic hydroxyl groups is 1. The molecule has 92 valence electrons. The van der Waals surface area contributed by atoms with Crippen LogP contribution in [0.15, 0.2) is 24.3 Å². The summed E-state index contributed by atoms with van der Waals surface area (Å²) in [6, 6.07) is 7.34. The van der Waals surface area contributed by atoms with Gasteiger partial charge in [0.15, 0.2) is 0 Å². The van der Waals surface area contributed by atoms with E-state index in [0.29, 0.717) is 18.0 Å². The number of hydrogen-bond donors (Lipinski definition) is 1. The third kappa shape index (κ3) is 3.20. The monoisotopic (exact) mass is 253 g/mol. The molecule has 1 atom stereocenters. The van der Waals surface area contributed by atoms with Crippen LogP contribution in [0.1, 0.15) is 12.0 Å². The number of carbonyl (C=O) groups excluding carboxylic acids is 1. The van der Waals surface area contributed by atoms with Crippen molar-refractivity contribution in [2.75, 3.05) is 19.7 Å². The molecular formula is C13H16ClNO2. The lowest BCUT2D eigenvalue weighted by atomic mass is 10.1. The van der Waals surface area contributed by atoms with Gasteiger partial charge >= 0.3 is 0 Å². The fourth-order valence-electron chi connectivity index (χ4n) is 2.10. The van der Waals surface area contributed by atoms with Crippen molar-refractivity contribution in [3.05, 3.63) is 34.9 Å². The van der Waals surface area contributed by atoms with Crippen molar-refractivity contribution in [3.63, 3.8) is 0 Å². The predicted molar refractivity (Wildman–Crippen MR) is 66.9 cm³/mol. The van der Waals surface area contributed by atoms with E-state index in [1.807, 2.05) is 17.0 Å². The molecule has 0 bridgehead atoms. The molecule has 2 rings (SSSR count). The Morgan fingerprint density at radius 3 is 2.71 bits per heavy atom. The van der Waals surface area contributed by atoms with Crippen molar-refractivity contribution >= 4 is 17.5 Å². The molecule has 4 heteroatoms. The summed E-state index contributed by atoms with van der Waals surface area (Å²) in [4.78, 5) is 13.8. The summed E-state index contributed by atoms with van der Waals surface area (Å²) < 4.78 is 0. The summed E-state index contributed by atoms with van der Waals surface area (Å²) in [5, 5.41) is 9.72. The van der Waals surface area contributed by atoms with E-state index in [-0.39, 0.29) is 18.4 Å². The third-order valence-corrected chi connectivity index (χ3v) is 3.42. The van der Waals surface area contributed by atoms with Gasteiger partial charge in [-0.2, -0.15) is 0 Å². The Bertz CT molecular complexity index is 391. The first-order valence-electron chi connectivity index (χ1n) is 5.82. The molecule has 1 heterocycles. The highest BCUT2D eigenvalue weighted by Gasteiger charge is 2.25. The molecule has 3 nitrogen and oxygen atoms in total. The van der Waals surface area contributed by atoms with Crippen LogP contribution < -0.4 is 0 Å². The van der Waals surface area contributed by atoms with E-state index in [1.54, 1.807) is 12.1 Å². The molecule has 1 N–H and O–H groups in total. The van der Waals surface area contributed by atoms with Crippen LogP contribution in [0.25, 0.3) is 0 Å². The second kappa shape index (κ2) is 5.52. The molecule has 1 aromatic rings. The maximum atomic E-state index is 12.0. The summed E-state index contributed by atoms with van der Waals surface area (Å²) >= 11 is 5.79. The van der Waals surface area contributed by atoms with Crippen LogP contribution in [0.5, 0.6) is 0 Å². The normalized spacial score (nSPS) is 19.6. The van der Waals surface area contributed by atoms with Crippen LogP contribution in [0, 0.1) is 5.92 Å². The molecule has 1 saturated heterocycles. The lowest BCUT2D eigenvalue weighted by Gasteiger charge is -2.16. The SMILES string of the molecule is O=C(Cc1ccc(Cl)cc1)N1CC[C@@H](CO)C1. The molecule has 0 aromatic heterocycles. The lowest BCUT2D eigenvalue weighted by Crippen LogP contribution is -2.30. The lowest BCUT2D eigenvalue weighted by molar-refractivity contribution is -0.129. The van der Waals surface area contributed by atoms with E-state index in [0.717, 1.165) is 18.5 Å². The number of rotatable bonds is 3. The van der Waals surface area contributed by atoms with Crippen molar-refractivity contribution in [3.8, 4) is 0 Å². The van der Waals surface area contributed by atoms with Crippen molar-refractivity contribution < 1.29 is 9.90 Å². The molecule has 1 amide bonds. The Hall–Kier alpha value is -1.06. The number of benzene rings is 1. The Kier molecular flexibility index (Phi) is 4.02. The zero-order valence-corrected chi connectivity index (χ0v) is 10.4. The largest absolute Gasteiger partial charge is 0.396 e. The first-order chi connectivity index (χ1) is 8.19. The first kappa shape index (κ1) is 12.4. The second-order valence-corrected chi connectivity index (χ2v) is 4.92. The van der Waals surface area contributed by atoms with Gasteiger partial charge in [-0.05, 0) is 24.1 Å². The number of carbonyl (C=O) groups is 1. The first-order valence-corrected chi connectivity index (χ1v) is 6.20. The van der Waals surface area contributed by atoms with Crippen molar-refractivity contribution in [1.29, 1.82) is 0 Å². The van der Waals surface area contributed by atoms with Crippen molar-refractivity contribution in [1.82, 2.24) is 4.90 Å². The molecule has 17 heavy (non-hydrogen) atoms. The van der Waals surface area contributed by atoms with Gasteiger partial charge in [0, 0.05) is 30.6 Å². The average Bonchev–Trinajstić information content (AvgIpc) is 2.81. The summed E-state index contributed by atoms with van der Waals surface area (Å²) in [5.41, 5.74) is 0.979. The van der Waals surface area contributed by atoms with Crippen molar-refractivity contribution in [2.24, 2.45) is 5.92 Å². The topological polar surface area (TPSA) is 40.5 Å². The average molecular weight is 254 g/mol. The van der Waals surface area contributed by atoms with E-state index in [4.69, 9.17) is 16.7 Å². The summed E-state index contributed by atoms with van der Waals surface area (Å²) in [6.07, 6.45) is 1.32. The number of nitrogens with zero attached hydrogens (tertiary/aromatic N) is 1. The predicted octanol–water partition coefficient (Wildman–Crippen LogP) is 1.72. The molecule has 0 radical (unpaired) electrons. The maximum absolute atomic E-state index is 12.0. The van der Waals surface area contributed by atoms with Gasteiger partial charge < -0.3 is 10.0 Å². The number of likely N-dealkylation sites (tertiary alicyclic amines) is 1. The third-order valence-electron chi connectivity index (χ3n) is 3.17. The van der Waals surface area contributed by atoms with Crippen LogP contribution >= 0.6 is 11.6 Å².